The van der Waals surface area contributed by atoms with Gasteiger partial charge in [-0.2, -0.15) is 0 Å². The lowest BCUT2D eigenvalue weighted by molar-refractivity contribution is -0.123. The number of nitrogens with two attached hydrogens (primary N) is 1. The highest BCUT2D eigenvalue weighted by Crippen LogP contribution is 2.26. The highest BCUT2D eigenvalue weighted by molar-refractivity contribution is 8.15. The first kappa shape index (κ1) is 22.2. The SMILES string of the molecule is C=Cc1ccc(CSC(=O)C(CCN)C(=O)SCc2ccc(C=C)cc2)cc1. The summed E-state index contributed by atoms with van der Waals surface area (Å²) in [4.78, 5) is 25.2. The topological polar surface area (TPSA) is 60.2 Å². The van der Waals surface area contributed by atoms with Crippen LogP contribution in [0.25, 0.3) is 12.2 Å². The lowest BCUT2D eigenvalue weighted by Crippen LogP contribution is -2.23. The Labute approximate surface area is 175 Å². The third kappa shape index (κ3) is 6.82. The molecular formula is C23H25NO2S2. The largest absolute Gasteiger partial charge is 0.330 e. The summed E-state index contributed by atoms with van der Waals surface area (Å²) in [5.41, 5.74) is 9.79. The maximum atomic E-state index is 12.6. The molecule has 0 saturated heterocycles. The maximum Gasteiger partial charge on any atom is 0.200 e. The van der Waals surface area contributed by atoms with E-state index in [4.69, 9.17) is 5.73 Å². The first-order chi connectivity index (χ1) is 13.6. The van der Waals surface area contributed by atoms with E-state index in [9.17, 15) is 9.59 Å². The van der Waals surface area contributed by atoms with Crippen LogP contribution in [0.2, 0.25) is 0 Å². The molecule has 0 spiro atoms. The van der Waals surface area contributed by atoms with E-state index in [1.807, 2.05) is 48.5 Å². The Morgan fingerprint density at radius 3 is 1.54 bits per heavy atom. The van der Waals surface area contributed by atoms with Crippen LogP contribution in [0.5, 0.6) is 0 Å². The predicted octanol–water partition coefficient (Wildman–Crippen LogP) is 5.16. The summed E-state index contributed by atoms with van der Waals surface area (Å²) < 4.78 is 0. The van der Waals surface area contributed by atoms with Gasteiger partial charge in [0.1, 0.15) is 0 Å². The van der Waals surface area contributed by atoms with Gasteiger partial charge in [0.2, 0.25) is 10.2 Å². The van der Waals surface area contributed by atoms with Crippen LogP contribution in [0.3, 0.4) is 0 Å². The summed E-state index contributed by atoms with van der Waals surface area (Å²) >= 11 is 2.36. The van der Waals surface area contributed by atoms with Crippen LogP contribution in [0.15, 0.2) is 61.7 Å². The molecule has 0 amide bonds. The summed E-state index contributed by atoms with van der Waals surface area (Å²) in [5, 5.41) is -0.226. The summed E-state index contributed by atoms with van der Waals surface area (Å²) in [7, 11) is 0. The van der Waals surface area contributed by atoms with E-state index < -0.39 is 5.92 Å². The average Bonchev–Trinajstić information content (AvgIpc) is 2.74. The van der Waals surface area contributed by atoms with E-state index in [1.165, 1.54) is 23.5 Å². The van der Waals surface area contributed by atoms with Crippen molar-refractivity contribution in [2.45, 2.75) is 17.9 Å². The Bertz CT molecular complexity index is 746. The predicted molar refractivity (Wildman–Crippen MR) is 123 cm³/mol. The summed E-state index contributed by atoms with van der Waals surface area (Å²) in [6, 6.07) is 15.7. The molecule has 0 aliphatic heterocycles. The molecule has 0 atom stereocenters. The van der Waals surface area contributed by atoms with Crippen LogP contribution >= 0.6 is 23.5 Å². The van der Waals surface area contributed by atoms with Gasteiger partial charge in [-0.1, -0.05) is 97.4 Å². The third-order valence-electron chi connectivity index (χ3n) is 4.22. The molecule has 0 saturated carbocycles. The second kappa shape index (κ2) is 11.7. The van der Waals surface area contributed by atoms with E-state index in [1.54, 1.807) is 12.2 Å². The molecule has 0 bridgehead atoms. The van der Waals surface area contributed by atoms with Crippen molar-refractivity contribution in [2.75, 3.05) is 6.54 Å². The summed E-state index contributed by atoms with van der Waals surface area (Å²) in [6.07, 6.45) is 3.93. The molecule has 0 aromatic heterocycles. The number of carbonyl (C=O) groups excluding carboxylic acids is 2. The molecule has 2 aromatic carbocycles. The van der Waals surface area contributed by atoms with Crippen LogP contribution in [0.1, 0.15) is 28.7 Å². The summed E-state index contributed by atoms with van der Waals surface area (Å²) in [6.45, 7) is 7.77. The normalized spacial score (nSPS) is 10.6. The van der Waals surface area contributed by atoms with Crippen LogP contribution in [-0.4, -0.2) is 16.8 Å². The van der Waals surface area contributed by atoms with E-state index in [0.29, 0.717) is 24.5 Å². The van der Waals surface area contributed by atoms with Crippen molar-refractivity contribution < 1.29 is 9.59 Å². The number of benzene rings is 2. The van der Waals surface area contributed by atoms with Crippen molar-refractivity contribution in [3.8, 4) is 0 Å². The zero-order valence-corrected chi connectivity index (χ0v) is 17.4. The first-order valence-corrected chi connectivity index (χ1v) is 11.0. The molecule has 0 aliphatic carbocycles. The number of rotatable bonds is 10. The maximum absolute atomic E-state index is 12.6. The first-order valence-electron chi connectivity index (χ1n) is 9.03. The van der Waals surface area contributed by atoms with E-state index in [0.717, 1.165) is 22.3 Å². The molecule has 2 rings (SSSR count). The molecule has 0 aliphatic rings. The molecule has 5 heteroatoms. The lowest BCUT2D eigenvalue weighted by atomic mass is 10.1. The van der Waals surface area contributed by atoms with Gasteiger partial charge in [0, 0.05) is 11.5 Å². The highest BCUT2D eigenvalue weighted by Gasteiger charge is 2.26. The molecule has 2 N–H and O–H groups in total. The smallest absolute Gasteiger partial charge is 0.200 e. The second-order valence-corrected chi connectivity index (χ2v) is 8.20. The van der Waals surface area contributed by atoms with Gasteiger partial charge in [0.25, 0.3) is 0 Å². The van der Waals surface area contributed by atoms with Crippen molar-refractivity contribution in [1.29, 1.82) is 0 Å². The van der Waals surface area contributed by atoms with Crippen LogP contribution in [0, 0.1) is 5.92 Å². The van der Waals surface area contributed by atoms with Crippen molar-refractivity contribution in [3.05, 3.63) is 83.9 Å². The van der Waals surface area contributed by atoms with E-state index in [-0.39, 0.29) is 10.2 Å². The van der Waals surface area contributed by atoms with Gasteiger partial charge in [-0.3, -0.25) is 9.59 Å². The van der Waals surface area contributed by atoms with Gasteiger partial charge in [-0.15, -0.1) is 0 Å². The standard InChI is InChI=1S/C23H25NO2S2/c1-3-17-5-9-19(10-6-17)15-27-22(25)21(13-14-24)23(26)28-16-20-11-7-18(4-2)8-12-20/h3-12,21H,1-2,13-16,24H2. The minimum atomic E-state index is -0.667. The fourth-order valence-electron chi connectivity index (χ4n) is 2.51. The molecule has 0 fully saturated rings. The number of carbonyl (C=O) groups is 2. The van der Waals surface area contributed by atoms with Crippen molar-refractivity contribution in [2.24, 2.45) is 11.7 Å². The zero-order chi connectivity index (χ0) is 20.4. The minimum Gasteiger partial charge on any atom is -0.330 e. The zero-order valence-electron chi connectivity index (χ0n) is 15.8. The van der Waals surface area contributed by atoms with Gasteiger partial charge in [-0.25, -0.2) is 0 Å². The van der Waals surface area contributed by atoms with Gasteiger partial charge >= 0.3 is 0 Å². The fraction of sp³-hybridized carbons (Fsp3) is 0.217. The van der Waals surface area contributed by atoms with Crippen LogP contribution < -0.4 is 5.73 Å². The molecular weight excluding hydrogens is 386 g/mol. The quantitative estimate of drug-likeness (QED) is 0.547. The number of hydrogen-bond donors (Lipinski definition) is 1. The van der Waals surface area contributed by atoms with Gasteiger partial charge in [-0.05, 0) is 35.2 Å². The molecule has 28 heavy (non-hydrogen) atoms. The molecule has 2 aromatic rings. The van der Waals surface area contributed by atoms with Crippen LogP contribution in [-0.2, 0) is 21.1 Å². The Kier molecular flexibility index (Phi) is 9.28. The Balaban J connectivity index is 1.91. The van der Waals surface area contributed by atoms with Crippen molar-refractivity contribution in [3.63, 3.8) is 0 Å². The Morgan fingerprint density at radius 1 is 0.821 bits per heavy atom. The average molecular weight is 412 g/mol. The van der Waals surface area contributed by atoms with E-state index in [2.05, 4.69) is 13.2 Å². The molecule has 146 valence electrons. The fourth-order valence-corrected chi connectivity index (χ4v) is 4.44. The highest BCUT2D eigenvalue weighted by atomic mass is 32.2. The molecule has 0 radical (unpaired) electrons. The van der Waals surface area contributed by atoms with Crippen molar-refractivity contribution >= 4 is 45.9 Å². The van der Waals surface area contributed by atoms with Gasteiger partial charge < -0.3 is 5.73 Å². The Morgan fingerprint density at radius 2 is 1.21 bits per heavy atom. The van der Waals surface area contributed by atoms with Gasteiger partial charge in [0.05, 0.1) is 5.92 Å². The minimum absolute atomic E-state index is 0.113. The lowest BCUT2D eigenvalue weighted by Gasteiger charge is -2.13. The Hall–Kier alpha value is -2.08. The van der Waals surface area contributed by atoms with E-state index >= 15 is 0 Å². The van der Waals surface area contributed by atoms with Crippen molar-refractivity contribution in [1.82, 2.24) is 0 Å². The summed E-state index contributed by atoms with van der Waals surface area (Å²) in [5.74, 6) is 0.413. The molecule has 3 nitrogen and oxygen atoms in total. The third-order valence-corrected chi connectivity index (χ3v) is 6.31. The second-order valence-electron chi connectivity index (χ2n) is 6.24. The monoisotopic (exact) mass is 411 g/mol. The molecule has 0 heterocycles. The number of thioether (sulfide) groups is 2. The van der Waals surface area contributed by atoms with Gasteiger partial charge in [0.15, 0.2) is 0 Å². The van der Waals surface area contributed by atoms with Crippen LogP contribution in [0.4, 0.5) is 0 Å². The molecule has 0 unspecified atom stereocenters. The number of hydrogen-bond acceptors (Lipinski definition) is 5.